The van der Waals surface area contributed by atoms with Crippen molar-refractivity contribution in [3.05, 3.63) is 35.9 Å². The van der Waals surface area contributed by atoms with E-state index in [1.807, 2.05) is 0 Å². The van der Waals surface area contributed by atoms with Gasteiger partial charge in [0, 0.05) is 19.7 Å². The third-order valence-electron chi connectivity index (χ3n) is 4.19. The van der Waals surface area contributed by atoms with Gasteiger partial charge in [0.05, 0.1) is 35.5 Å². The minimum Gasteiger partial charge on any atom is -0.497 e. The first kappa shape index (κ1) is 21.6. The number of ether oxygens (including phenoxy) is 5. The van der Waals surface area contributed by atoms with Gasteiger partial charge in [-0.15, -0.1) is 0 Å². The Labute approximate surface area is 165 Å². The van der Waals surface area contributed by atoms with Crippen molar-refractivity contribution >= 4 is 10.0 Å². The molecule has 0 spiro atoms. The third kappa shape index (κ3) is 4.26. The van der Waals surface area contributed by atoms with Gasteiger partial charge in [0.15, 0.2) is 11.5 Å². The highest BCUT2D eigenvalue weighted by Crippen LogP contribution is 2.39. The zero-order valence-electron chi connectivity index (χ0n) is 16.8. The number of methoxy groups -OCH3 is 5. The number of hydrogen-bond donors (Lipinski definition) is 0. The topological polar surface area (TPSA) is 83.5 Å². The molecular formula is C19H25NO7S. The van der Waals surface area contributed by atoms with Crippen LogP contribution in [0.5, 0.6) is 28.7 Å². The van der Waals surface area contributed by atoms with Crippen LogP contribution in [-0.4, -0.2) is 55.3 Å². The van der Waals surface area contributed by atoms with Gasteiger partial charge in [0.25, 0.3) is 0 Å². The van der Waals surface area contributed by atoms with Gasteiger partial charge in [0.1, 0.15) is 16.4 Å². The lowest BCUT2D eigenvalue weighted by Gasteiger charge is -2.21. The average molecular weight is 411 g/mol. The van der Waals surface area contributed by atoms with Crippen LogP contribution in [0.1, 0.15) is 5.56 Å². The molecule has 0 radical (unpaired) electrons. The first-order valence-electron chi connectivity index (χ1n) is 8.29. The SMILES string of the molecule is COc1ccc(OC)c(S(=O)(=O)N(C)Cc2cc(OC)c(OC)c(OC)c2)c1. The molecule has 0 amide bonds. The van der Waals surface area contributed by atoms with Gasteiger partial charge in [-0.1, -0.05) is 0 Å². The van der Waals surface area contributed by atoms with E-state index in [2.05, 4.69) is 0 Å². The highest BCUT2D eigenvalue weighted by molar-refractivity contribution is 7.89. The van der Waals surface area contributed by atoms with Crippen LogP contribution in [0.4, 0.5) is 0 Å². The number of nitrogens with zero attached hydrogens (tertiary/aromatic N) is 1. The summed E-state index contributed by atoms with van der Waals surface area (Å²) in [4.78, 5) is 0.0179. The van der Waals surface area contributed by atoms with Crippen LogP contribution >= 0.6 is 0 Å². The second-order valence-corrected chi connectivity index (χ2v) is 7.82. The third-order valence-corrected chi connectivity index (χ3v) is 6.01. The van der Waals surface area contributed by atoms with Crippen molar-refractivity contribution in [3.8, 4) is 28.7 Å². The van der Waals surface area contributed by atoms with Crippen molar-refractivity contribution in [2.45, 2.75) is 11.4 Å². The summed E-state index contributed by atoms with van der Waals surface area (Å²) in [5.74, 6) is 1.98. The maximum atomic E-state index is 13.1. The van der Waals surface area contributed by atoms with Crippen molar-refractivity contribution < 1.29 is 32.1 Å². The summed E-state index contributed by atoms with van der Waals surface area (Å²) in [6, 6.07) is 8.03. The zero-order valence-corrected chi connectivity index (χ0v) is 17.6. The van der Waals surface area contributed by atoms with Crippen molar-refractivity contribution in [1.82, 2.24) is 4.31 Å². The maximum Gasteiger partial charge on any atom is 0.246 e. The highest BCUT2D eigenvalue weighted by Gasteiger charge is 2.26. The van der Waals surface area contributed by atoms with E-state index in [0.717, 1.165) is 0 Å². The molecule has 0 aromatic heterocycles. The summed E-state index contributed by atoms with van der Waals surface area (Å²) in [6.07, 6.45) is 0. The number of rotatable bonds is 9. The fourth-order valence-corrected chi connectivity index (χ4v) is 4.05. The lowest BCUT2D eigenvalue weighted by atomic mass is 10.2. The van der Waals surface area contributed by atoms with Gasteiger partial charge in [-0.3, -0.25) is 0 Å². The Kier molecular flexibility index (Phi) is 6.98. The number of sulfonamides is 1. The average Bonchev–Trinajstić information content (AvgIpc) is 2.72. The highest BCUT2D eigenvalue weighted by atomic mass is 32.2. The van der Waals surface area contributed by atoms with E-state index in [4.69, 9.17) is 23.7 Å². The summed E-state index contributed by atoms with van der Waals surface area (Å²) in [5.41, 5.74) is 0.669. The molecule has 0 aliphatic heterocycles. The molecule has 0 aliphatic rings. The second-order valence-electron chi connectivity index (χ2n) is 5.81. The molecule has 0 fully saturated rings. The van der Waals surface area contributed by atoms with Gasteiger partial charge in [0.2, 0.25) is 15.8 Å². The molecule has 0 atom stereocenters. The van der Waals surface area contributed by atoms with E-state index in [1.54, 1.807) is 24.3 Å². The predicted molar refractivity (Wildman–Crippen MR) is 104 cm³/mol. The fraction of sp³-hybridized carbons (Fsp3) is 0.368. The van der Waals surface area contributed by atoms with Crippen LogP contribution in [-0.2, 0) is 16.6 Å². The smallest absolute Gasteiger partial charge is 0.246 e. The van der Waals surface area contributed by atoms with Crippen LogP contribution in [0.15, 0.2) is 35.2 Å². The standard InChI is InChI=1S/C19H25NO7S/c1-20(12-13-9-16(25-4)19(27-6)17(10-13)26-5)28(21,22)18-11-14(23-2)7-8-15(18)24-3/h7-11H,12H2,1-6H3. The van der Waals surface area contributed by atoms with E-state index in [9.17, 15) is 8.42 Å². The Bertz CT molecular complexity index is 903. The maximum absolute atomic E-state index is 13.1. The predicted octanol–water partition coefficient (Wildman–Crippen LogP) is 2.55. The monoisotopic (exact) mass is 411 g/mol. The molecule has 8 nitrogen and oxygen atoms in total. The summed E-state index contributed by atoms with van der Waals surface area (Å²) in [5, 5.41) is 0. The van der Waals surface area contributed by atoms with E-state index < -0.39 is 10.0 Å². The molecule has 9 heteroatoms. The van der Waals surface area contributed by atoms with E-state index in [0.29, 0.717) is 28.6 Å². The molecule has 154 valence electrons. The van der Waals surface area contributed by atoms with E-state index in [-0.39, 0.29) is 17.2 Å². The normalized spacial score (nSPS) is 11.2. The zero-order chi connectivity index (χ0) is 20.9. The molecule has 0 saturated heterocycles. The lowest BCUT2D eigenvalue weighted by Crippen LogP contribution is -2.27. The first-order chi connectivity index (χ1) is 13.3. The van der Waals surface area contributed by atoms with Gasteiger partial charge in [-0.25, -0.2) is 8.42 Å². The summed E-state index contributed by atoms with van der Waals surface area (Å²) in [7, 11) is 5.03. The largest absolute Gasteiger partial charge is 0.497 e. The molecule has 0 bridgehead atoms. The molecule has 2 aromatic rings. The molecule has 28 heavy (non-hydrogen) atoms. The molecule has 2 aromatic carbocycles. The minimum absolute atomic E-state index is 0.0179. The lowest BCUT2D eigenvalue weighted by molar-refractivity contribution is 0.323. The molecule has 2 rings (SSSR count). The fourth-order valence-electron chi connectivity index (χ4n) is 2.72. The molecule has 0 N–H and O–H groups in total. The van der Waals surface area contributed by atoms with Gasteiger partial charge in [-0.05, 0) is 29.8 Å². The van der Waals surface area contributed by atoms with E-state index in [1.165, 1.54) is 53.0 Å². The van der Waals surface area contributed by atoms with Crippen molar-refractivity contribution in [1.29, 1.82) is 0 Å². The van der Waals surface area contributed by atoms with Crippen molar-refractivity contribution in [3.63, 3.8) is 0 Å². The molecule has 0 unspecified atom stereocenters. The molecule has 0 aliphatic carbocycles. The number of hydrogen-bond acceptors (Lipinski definition) is 7. The second kappa shape index (κ2) is 9.03. The quantitative estimate of drug-likeness (QED) is 0.627. The van der Waals surface area contributed by atoms with E-state index >= 15 is 0 Å². The Hall–Kier alpha value is -2.65. The van der Waals surface area contributed by atoms with Crippen LogP contribution in [0.2, 0.25) is 0 Å². The van der Waals surface area contributed by atoms with Gasteiger partial charge >= 0.3 is 0 Å². The van der Waals surface area contributed by atoms with Crippen LogP contribution in [0.3, 0.4) is 0 Å². The molecule has 0 saturated carbocycles. The Morgan fingerprint density at radius 2 is 1.36 bits per heavy atom. The van der Waals surface area contributed by atoms with Crippen LogP contribution in [0.25, 0.3) is 0 Å². The molecule has 0 heterocycles. The number of benzene rings is 2. The Balaban J connectivity index is 2.43. The summed E-state index contributed by atoms with van der Waals surface area (Å²) < 4.78 is 53.8. The van der Waals surface area contributed by atoms with Crippen molar-refractivity contribution in [2.75, 3.05) is 42.6 Å². The van der Waals surface area contributed by atoms with Crippen LogP contribution < -0.4 is 23.7 Å². The first-order valence-corrected chi connectivity index (χ1v) is 9.73. The van der Waals surface area contributed by atoms with Gasteiger partial charge < -0.3 is 23.7 Å². The van der Waals surface area contributed by atoms with Crippen molar-refractivity contribution in [2.24, 2.45) is 0 Å². The molecular weight excluding hydrogens is 386 g/mol. The summed E-state index contributed by atoms with van der Waals surface area (Å²) >= 11 is 0. The van der Waals surface area contributed by atoms with Gasteiger partial charge in [-0.2, -0.15) is 4.31 Å². The Morgan fingerprint density at radius 3 is 1.82 bits per heavy atom. The Morgan fingerprint density at radius 1 is 0.786 bits per heavy atom. The summed E-state index contributed by atoms with van der Waals surface area (Å²) in [6.45, 7) is 0.0827. The van der Waals surface area contributed by atoms with Crippen LogP contribution in [0, 0.1) is 0 Å². The minimum atomic E-state index is -3.85.